The van der Waals surface area contributed by atoms with E-state index in [-0.39, 0.29) is 0 Å². The van der Waals surface area contributed by atoms with Crippen molar-refractivity contribution in [1.29, 1.82) is 0 Å². The van der Waals surface area contributed by atoms with E-state index in [1.165, 1.54) is 19.3 Å². The molecule has 2 aliphatic rings. The van der Waals surface area contributed by atoms with E-state index in [0.717, 1.165) is 19.3 Å². The molecule has 2 atom stereocenters. The Kier molecular flexibility index (Phi) is 5.96. The molecule has 2 fully saturated rings. The Labute approximate surface area is 156 Å². The number of nitrogens with one attached hydrogen (secondary N) is 2. The van der Waals surface area contributed by atoms with E-state index in [0.29, 0.717) is 40.7 Å². The van der Waals surface area contributed by atoms with Crippen molar-refractivity contribution in [2.75, 3.05) is 18.4 Å². The van der Waals surface area contributed by atoms with Gasteiger partial charge in [0.2, 0.25) is 10.0 Å². The van der Waals surface area contributed by atoms with Crippen LogP contribution in [0.2, 0.25) is 0 Å². The second kappa shape index (κ2) is 8.01. The molecule has 0 unspecified atom stereocenters. The number of rotatable bonds is 4. The van der Waals surface area contributed by atoms with Crippen molar-refractivity contribution in [2.45, 2.75) is 56.4 Å². The summed E-state index contributed by atoms with van der Waals surface area (Å²) < 4.78 is 26.9. The van der Waals surface area contributed by atoms with Crippen molar-refractivity contribution in [3.63, 3.8) is 0 Å². The minimum atomic E-state index is -3.40. The number of anilines is 1. The molecule has 0 radical (unpaired) electrons. The van der Waals surface area contributed by atoms with E-state index < -0.39 is 10.0 Å². The average Bonchev–Trinajstić information content (AvgIpc) is 3.12. The highest BCUT2D eigenvalue weighted by atomic mass is 32.2. The molecule has 0 amide bonds. The van der Waals surface area contributed by atoms with Crippen molar-refractivity contribution < 1.29 is 8.42 Å². The van der Waals surface area contributed by atoms with E-state index >= 15 is 0 Å². The summed E-state index contributed by atoms with van der Waals surface area (Å²) >= 11 is 5.43. The molecule has 3 rings (SSSR count). The Bertz CT molecular complexity index is 715. The number of sulfonamides is 1. The van der Waals surface area contributed by atoms with Crippen LogP contribution in [-0.2, 0) is 10.0 Å². The van der Waals surface area contributed by atoms with Crippen LogP contribution in [0.15, 0.2) is 29.2 Å². The van der Waals surface area contributed by atoms with E-state index in [2.05, 4.69) is 17.6 Å². The lowest BCUT2D eigenvalue weighted by Crippen LogP contribution is -2.43. The molecule has 5 nitrogen and oxygen atoms in total. The van der Waals surface area contributed by atoms with Crippen molar-refractivity contribution >= 4 is 33.0 Å². The molecule has 2 N–H and O–H groups in total. The maximum atomic E-state index is 12.7. The first-order valence-corrected chi connectivity index (χ1v) is 11.0. The van der Waals surface area contributed by atoms with Crippen LogP contribution in [0.1, 0.15) is 45.4 Å². The van der Waals surface area contributed by atoms with Crippen molar-refractivity contribution in [1.82, 2.24) is 9.62 Å². The summed E-state index contributed by atoms with van der Waals surface area (Å²) in [7, 11) is -3.40. The summed E-state index contributed by atoms with van der Waals surface area (Å²) in [5.74, 6) is 0.607. The van der Waals surface area contributed by atoms with E-state index in [4.69, 9.17) is 12.2 Å². The molecule has 7 heteroatoms. The highest BCUT2D eigenvalue weighted by Crippen LogP contribution is 2.25. The molecule has 0 aromatic heterocycles. The number of benzene rings is 1. The van der Waals surface area contributed by atoms with Gasteiger partial charge in [0.1, 0.15) is 0 Å². The van der Waals surface area contributed by atoms with Crippen molar-refractivity contribution in [3.05, 3.63) is 24.3 Å². The van der Waals surface area contributed by atoms with Crippen LogP contribution in [0.25, 0.3) is 0 Å². The van der Waals surface area contributed by atoms with Gasteiger partial charge in [-0.05, 0) is 62.0 Å². The fourth-order valence-corrected chi connectivity index (χ4v) is 5.51. The SMILES string of the molecule is C[C@H]1CCCC[C@@H]1NC(=S)Nc1cccc(S(=O)(=O)N2CCCC2)c1. The van der Waals surface area contributed by atoms with Crippen LogP contribution >= 0.6 is 12.2 Å². The van der Waals surface area contributed by atoms with Crippen LogP contribution < -0.4 is 10.6 Å². The van der Waals surface area contributed by atoms with Crippen molar-refractivity contribution in [2.24, 2.45) is 5.92 Å². The Morgan fingerprint density at radius 2 is 1.88 bits per heavy atom. The molecular formula is C18H27N3O2S2. The zero-order chi connectivity index (χ0) is 17.9. The molecule has 1 saturated heterocycles. The topological polar surface area (TPSA) is 61.4 Å². The Morgan fingerprint density at radius 1 is 1.16 bits per heavy atom. The zero-order valence-corrected chi connectivity index (χ0v) is 16.3. The van der Waals surface area contributed by atoms with Crippen LogP contribution in [-0.4, -0.2) is 37.0 Å². The monoisotopic (exact) mass is 381 g/mol. The van der Waals surface area contributed by atoms with E-state index in [1.807, 2.05) is 6.07 Å². The van der Waals surface area contributed by atoms with Gasteiger partial charge in [0.05, 0.1) is 4.90 Å². The van der Waals surface area contributed by atoms with Gasteiger partial charge < -0.3 is 10.6 Å². The molecular weight excluding hydrogens is 354 g/mol. The van der Waals surface area contributed by atoms with Gasteiger partial charge in [-0.1, -0.05) is 25.8 Å². The van der Waals surface area contributed by atoms with Crippen molar-refractivity contribution in [3.8, 4) is 0 Å². The molecule has 0 bridgehead atoms. The van der Waals surface area contributed by atoms with Gasteiger partial charge >= 0.3 is 0 Å². The highest BCUT2D eigenvalue weighted by molar-refractivity contribution is 7.89. The van der Waals surface area contributed by atoms with Gasteiger partial charge in [-0.3, -0.25) is 0 Å². The molecule has 1 saturated carbocycles. The number of nitrogens with zero attached hydrogens (tertiary/aromatic N) is 1. The van der Waals surface area contributed by atoms with Crippen LogP contribution in [0.4, 0.5) is 5.69 Å². The summed E-state index contributed by atoms with van der Waals surface area (Å²) in [5.41, 5.74) is 0.709. The lowest BCUT2D eigenvalue weighted by molar-refractivity contribution is 0.309. The van der Waals surface area contributed by atoms with Gasteiger partial charge in [-0.25, -0.2) is 8.42 Å². The molecule has 25 heavy (non-hydrogen) atoms. The quantitative estimate of drug-likeness (QED) is 0.784. The fourth-order valence-electron chi connectivity index (χ4n) is 3.68. The summed E-state index contributed by atoms with van der Waals surface area (Å²) in [6.07, 6.45) is 6.75. The summed E-state index contributed by atoms with van der Waals surface area (Å²) in [6, 6.07) is 7.33. The second-order valence-electron chi connectivity index (χ2n) is 7.11. The number of thiocarbonyl (C=S) groups is 1. The first-order chi connectivity index (χ1) is 12.0. The largest absolute Gasteiger partial charge is 0.359 e. The third-order valence-corrected chi connectivity index (χ3v) is 7.34. The molecule has 1 aromatic rings. The second-order valence-corrected chi connectivity index (χ2v) is 9.45. The van der Waals surface area contributed by atoms with Crippen LogP contribution in [0.3, 0.4) is 0 Å². The van der Waals surface area contributed by atoms with Gasteiger partial charge in [-0.15, -0.1) is 0 Å². The standard InChI is InChI=1S/C18H27N3O2S2/c1-14-7-2-3-10-17(14)20-18(24)19-15-8-6-9-16(13-15)25(22,23)21-11-4-5-12-21/h6,8-9,13-14,17H,2-5,7,10-12H2,1H3,(H2,19,20,24)/t14-,17-/m0/s1. The predicted molar refractivity (Wildman–Crippen MR) is 105 cm³/mol. The van der Waals surface area contributed by atoms with Gasteiger partial charge in [0.25, 0.3) is 0 Å². The lowest BCUT2D eigenvalue weighted by Gasteiger charge is -2.30. The van der Waals surface area contributed by atoms with Gasteiger partial charge in [0, 0.05) is 24.8 Å². The molecule has 138 valence electrons. The number of hydrogen-bond donors (Lipinski definition) is 2. The molecule has 1 heterocycles. The predicted octanol–water partition coefficient (Wildman–Crippen LogP) is 3.34. The summed E-state index contributed by atoms with van der Waals surface area (Å²) in [5, 5.41) is 7.11. The minimum Gasteiger partial charge on any atom is -0.359 e. The lowest BCUT2D eigenvalue weighted by atomic mass is 9.86. The van der Waals surface area contributed by atoms with Gasteiger partial charge in [-0.2, -0.15) is 4.31 Å². The molecule has 1 aliphatic carbocycles. The average molecular weight is 382 g/mol. The van der Waals surface area contributed by atoms with E-state index in [9.17, 15) is 8.42 Å². The van der Waals surface area contributed by atoms with Gasteiger partial charge in [0.15, 0.2) is 5.11 Å². The molecule has 0 spiro atoms. The first-order valence-electron chi connectivity index (χ1n) is 9.14. The summed E-state index contributed by atoms with van der Waals surface area (Å²) in [6.45, 7) is 3.47. The first kappa shape index (κ1) is 18.6. The highest BCUT2D eigenvalue weighted by Gasteiger charge is 2.27. The maximum absolute atomic E-state index is 12.7. The Hall–Kier alpha value is -1.18. The maximum Gasteiger partial charge on any atom is 0.243 e. The van der Waals surface area contributed by atoms with Crippen LogP contribution in [0, 0.1) is 5.92 Å². The number of hydrogen-bond acceptors (Lipinski definition) is 3. The molecule has 1 aromatic carbocycles. The third kappa shape index (κ3) is 4.51. The zero-order valence-electron chi connectivity index (χ0n) is 14.7. The summed E-state index contributed by atoms with van der Waals surface area (Å²) in [4.78, 5) is 0.327. The Morgan fingerprint density at radius 3 is 2.60 bits per heavy atom. The Balaban J connectivity index is 1.66. The third-order valence-electron chi connectivity index (χ3n) is 5.22. The fraction of sp³-hybridized carbons (Fsp3) is 0.611. The minimum absolute atomic E-state index is 0.327. The molecule has 1 aliphatic heterocycles. The van der Waals surface area contributed by atoms with Crippen LogP contribution in [0.5, 0.6) is 0 Å². The normalized spacial score (nSPS) is 24.8. The van der Waals surface area contributed by atoms with E-state index in [1.54, 1.807) is 22.5 Å². The smallest absolute Gasteiger partial charge is 0.243 e.